The molecule has 2 aromatic heterocycles. The second-order valence-corrected chi connectivity index (χ2v) is 7.81. The third-order valence-corrected chi connectivity index (χ3v) is 5.58. The Morgan fingerprint density at radius 3 is 2.66 bits per heavy atom. The van der Waals surface area contributed by atoms with Gasteiger partial charge in [-0.05, 0) is 62.2 Å². The lowest BCUT2D eigenvalue weighted by atomic mass is 9.89. The summed E-state index contributed by atoms with van der Waals surface area (Å²) in [6.45, 7) is 5.74. The van der Waals surface area contributed by atoms with E-state index in [1.807, 2.05) is 41.3 Å². The molecule has 1 N–H and O–H groups in total. The van der Waals surface area contributed by atoms with Crippen LogP contribution in [0, 0.1) is 0 Å². The van der Waals surface area contributed by atoms with Crippen LogP contribution in [0.2, 0.25) is 0 Å². The third-order valence-electron chi connectivity index (χ3n) is 5.58. The van der Waals surface area contributed by atoms with Gasteiger partial charge in [-0.1, -0.05) is 12.1 Å². The van der Waals surface area contributed by atoms with Crippen LogP contribution in [-0.4, -0.2) is 34.5 Å². The van der Waals surface area contributed by atoms with E-state index in [4.69, 9.17) is 4.74 Å². The van der Waals surface area contributed by atoms with Gasteiger partial charge in [0.25, 0.3) is 0 Å². The van der Waals surface area contributed by atoms with E-state index in [-0.39, 0.29) is 24.0 Å². The van der Waals surface area contributed by atoms with Gasteiger partial charge in [0, 0.05) is 36.6 Å². The maximum atomic E-state index is 12.4. The highest BCUT2D eigenvalue weighted by Crippen LogP contribution is 2.40. The van der Waals surface area contributed by atoms with Crippen LogP contribution in [0.25, 0.3) is 11.3 Å². The minimum Gasteiger partial charge on any atom is -0.462 e. The number of ether oxygens (including phenoxy) is 1. The molecule has 0 aliphatic carbocycles. The second kappa shape index (κ2) is 9.18. The third kappa shape index (κ3) is 4.32. The Bertz CT molecular complexity index is 1120. The van der Waals surface area contributed by atoms with Gasteiger partial charge >= 0.3 is 5.97 Å². The quantitative estimate of drug-likeness (QED) is 0.595. The van der Waals surface area contributed by atoms with Gasteiger partial charge in [-0.25, -0.2) is 9.78 Å². The Balaban J connectivity index is 1.71. The fraction of sp³-hybridized carbons (Fsp3) is 0.280. The maximum Gasteiger partial charge on any atom is 0.339 e. The molecule has 0 fully saturated rings. The lowest BCUT2D eigenvalue weighted by Gasteiger charge is -2.39. The van der Waals surface area contributed by atoms with E-state index >= 15 is 0 Å². The standard InChI is InChI=1S/C25H26N4O3/c1-4-32-25(31)19-8-10-21(27-15-19)18-9-11-23-20(14-18)22(13-16(2)29(23)17(3)30)28-24-7-5-6-12-26-24/h5-12,14-16,22H,4,13H2,1-3H3,(H,26,28). The monoisotopic (exact) mass is 430 g/mol. The van der Waals surface area contributed by atoms with Crippen LogP contribution in [0.5, 0.6) is 0 Å². The summed E-state index contributed by atoms with van der Waals surface area (Å²) >= 11 is 0. The van der Waals surface area contributed by atoms with Gasteiger partial charge in [-0.15, -0.1) is 0 Å². The number of benzene rings is 1. The Kier molecular flexibility index (Phi) is 6.16. The summed E-state index contributed by atoms with van der Waals surface area (Å²) in [5.74, 6) is 0.414. The van der Waals surface area contributed by atoms with Crippen LogP contribution in [0.4, 0.5) is 11.5 Å². The predicted octanol–water partition coefficient (Wildman–Crippen LogP) is 4.62. The number of fused-ring (bicyclic) bond motifs is 1. The molecule has 1 amide bonds. The highest BCUT2D eigenvalue weighted by Gasteiger charge is 2.32. The van der Waals surface area contributed by atoms with Crippen LogP contribution < -0.4 is 10.2 Å². The number of nitrogens with one attached hydrogen (secondary N) is 1. The van der Waals surface area contributed by atoms with Gasteiger partial charge in [0.2, 0.25) is 5.91 Å². The number of aromatic nitrogens is 2. The lowest BCUT2D eigenvalue weighted by Crippen LogP contribution is -2.43. The predicted molar refractivity (Wildman–Crippen MR) is 123 cm³/mol. The van der Waals surface area contributed by atoms with Gasteiger partial charge in [0.15, 0.2) is 0 Å². The molecule has 7 heteroatoms. The van der Waals surface area contributed by atoms with Crippen LogP contribution in [0.1, 0.15) is 49.2 Å². The molecule has 0 radical (unpaired) electrons. The number of carbonyl (C=O) groups excluding carboxylic acids is 2. The lowest BCUT2D eigenvalue weighted by molar-refractivity contribution is -0.117. The highest BCUT2D eigenvalue weighted by atomic mass is 16.5. The van der Waals surface area contributed by atoms with Crippen molar-refractivity contribution < 1.29 is 14.3 Å². The van der Waals surface area contributed by atoms with Gasteiger partial charge in [-0.2, -0.15) is 0 Å². The largest absolute Gasteiger partial charge is 0.462 e. The Hall–Kier alpha value is -3.74. The van der Waals surface area contributed by atoms with Gasteiger partial charge < -0.3 is 15.0 Å². The Labute approximate surface area is 187 Å². The summed E-state index contributed by atoms with van der Waals surface area (Å²) in [6.07, 6.45) is 4.03. The zero-order chi connectivity index (χ0) is 22.7. The molecule has 0 saturated heterocycles. The molecule has 164 valence electrons. The van der Waals surface area contributed by atoms with Crippen molar-refractivity contribution >= 4 is 23.4 Å². The Morgan fingerprint density at radius 1 is 1.16 bits per heavy atom. The molecule has 3 heterocycles. The zero-order valence-electron chi connectivity index (χ0n) is 18.4. The molecule has 7 nitrogen and oxygen atoms in total. The van der Waals surface area contributed by atoms with E-state index in [0.717, 1.165) is 34.7 Å². The van der Waals surface area contributed by atoms with Crippen molar-refractivity contribution in [2.75, 3.05) is 16.8 Å². The van der Waals surface area contributed by atoms with E-state index in [1.165, 1.54) is 6.20 Å². The SMILES string of the molecule is CCOC(=O)c1ccc(-c2ccc3c(c2)C(Nc2ccccn2)CC(C)N3C(C)=O)nc1. The number of hydrogen-bond donors (Lipinski definition) is 1. The second-order valence-electron chi connectivity index (χ2n) is 7.81. The van der Waals surface area contributed by atoms with Crippen molar-refractivity contribution in [2.45, 2.75) is 39.3 Å². The molecule has 3 aromatic rings. The summed E-state index contributed by atoms with van der Waals surface area (Å²) in [6, 6.07) is 15.3. The van der Waals surface area contributed by atoms with Crippen molar-refractivity contribution in [3.05, 3.63) is 72.1 Å². The molecule has 1 aliphatic rings. The van der Waals surface area contributed by atoms with Crippen LogP contribution in [-0.2, 0) is 9.53 Å². The number of pyridine rings is 2. The number of anilines is 2. The summed E-state index contributed by atoms with van der Waals surface area (Å²) in [5.41, 5.74) is 3.96. The smallest absolute Gasteiger partial charge is 0.339 e. The van der Waals surface area contributed by atoms with Crippen molar-refractivity contribution in [3.63, 3.8) is 0 Å². The molecule has 1 aliphatic heterocycles. The number of nitrogens with zero attached hydrogens (tertiary/aromatic N) is 3. The van der Waals surface area contributed by atoms with Crippen molar-refractivity contribution in [2.24, 2.45) is 0 Å². The zero-order valence-corrected chi connectivity index (χ0v) is 18.4. The maximum absolute atomic E-state index is 12.4. The fourth-order valence-electron chi connectivity index (χ4n) is 4.17. The van der Waals surface area contributed by atoms with E-state index in [0.29, 0.717) is 12.2 Å². The average Bonchev–Trinajstić information content (AvgIpc) is 2.79. The highest BCUT2D eigenvalue weighted by molar-refractivity contribution is 5.94. The van der Waals surface area contributed by atoms with Crippen LogP contribution >= 0.6 is 0 Å². The first-order valence-electron chi connectivity index (χ1n) is 10.7. The van der Waals surface area contributed by atoms with E-state index in [9.17, 15) is 9.59 Å². The average molecular weight is 431 g/mol. The topological polar surface area (TPSA) is 84.4 Å². The molecule has 0 saturated carbocycles. The fourth-order valence-corrected chi connectivity index (χ4v) is 4.17. The minimum atomic E-state index is -0.386. The van der Waals surface area contributed by atoms with Gasteiger partial charge in [0.1, 0.15) is 5.82 Å². The first-order valence-corrected chi connectivity index (χ1v) is 10.7. The van der Waals surface area contributed by atoms with Crippen LogP contribution in [0.3, 0.4) is 0 Å². The van der Waals surface area contributed by atoms with Gasteiger partial charge in [-0.3, -0.25) is 9.78 Å². The molecular weight excluding hydrogens is 404 g/mol. The van der Waals surface area contributed by atoms with E-state index < -0.39 is 0 Å². The number of rotatable bonds is 5. The first-order chi connectivity index (χ1) is 15.5. The molecule has 32 heavy (non-hydrogen) atoms. The molecule has 0 spiro atoms. The number of hydrogen-bond acceptors (Lipinski definition) is 6. The molecule has 2 unspecified atom stereocenters. The molecule has 1 aromatic carbocycles. The van der Waals surface area contributed by atoms with E-state index in [2.05, 4.69) is 28.3 Å². The van der Waals surface area contributed by atoms with Gasteiger partial charge in [0.05, 0.1) is 23.9 Å². The Morgan fingerprint density at radius 2 is 2.00 bits per heavy atom. The molecule has 0 bridgehead atoms. The van der Waals surface area contributed by atoms with E-state index in [1.54, 1.807) is 26.1 Å². The summed E-state index contributed by atoms with van der Waals surface area (Å²) in [4.78, 5) is 35.0. The van der Waals surface area contributed by atoms with Crippen molar-refractivity contribution in [3.8, 4) is 11.3 Å². The van der Waals surface area contributed by atoms with Crippen molar-refractivity contribution in [1.29, 1.82) is 0 Å². The summed E-state index contributed by atoms with van der Waals surface area (Å²) in [7, 11) is 0. The van der Waals surface area contributed by atoms with Crippen molar-refractivity contribution in [1.82, 2.24) is 9.97 Å². The summed E-state index contributed by atoms with van der Waals surface area (Å²) < 4.78 is 5.03. The molecular formula is C25H26N4O3. The summed E-state index contributed by atoms with van der Waals surface area (Å²) in [5, 5.41) is 3.51. The van der Waals surface area contributed by atoms with Crippen LogP contribution in [0.15, 0.2) is 60.9 Å². The normalized spacial score (nSPS) is 17.4. The first kappa shape index (κ1) is 21.5. The molecule has 2 atom stereocenters. The number of carbonyl (C=O) groups is 2. The minimum absolute atomic E-state index is 0.00995. The molecule has 4 rings (SSSR count). The number of amides is 1. The number of esters is 1.